The molecule has 2 amide bonds. The second kappa shape index (κ2) is 11.9. The molecule has 2 heterocycles. The van der Waals surface area contributed by atoms with Gasteiger partial charge >= 0.3 is 0 Å². The largest absolute Gasteiger partial charge is 0.366 e. The molecule has 10 heteroatoms. The van der Waals surface area contributed by atoms with Gasteiger partial charge in [0.15, 0.2) is 0 Å². The van der Waals surface area contributed by atoms with E-state index >= 15 is 0 Å². The average Bonchev–Trinajstić information content (AvgIpc) is 3.39. The van der Waals surface area contributed by atoms with Crippen molar-refractivity contribution in [3.05, 3.63) is 69.8 Å². The van der Waals surface area contributed by atoms with E-state index in [1.165, 1.54) is 10.6 Å². The van der Waals surface area contributed by atoms with Crippen LogP contribution in [0, 0.1) is 6.92 Å². The number of carbonyl (C=O) groups excluding carboxylic acids is 2. The number of nitrogens with zero attached hydrogens (tertiary/aromatic N) is 3. The number of likely N-dealkylation sites (N-methyl/N-ethyl adjacent to an activating group) is 1. The van der Waals surface area contributed by atoms with Crippen LogP contribution in [0.5, 0.6) is 0 Å². The number of nitrogens with two attached hydrogens (primary N) is 1. The Morgan fingerprint density at radius 1 is 1.00 bits per heavy atom. The number of primary amides is 1. The van der Waals surface area contributed by atoms with Gasteiger partial charge in [-0.05, 0) is 77.9 Å². The zero-order valence-corrected chi connectivity index (χ0v) is 24.9. The molecule has 2 aromatic carbocycles. The Hall–Kier alpha value is -3.31. The van der Waals surface area contributed by atoms with E-state index in [2.05, 4.69) is 28.2 Å². The van der Waals surface area contributed by atoms with Crippen molar-refractivity contribution in [1.82, 2.24) is 14.1 Å². The standard InChI is InChI=1S/C31H39N5O4S/c1-21-24(5-4-6-29(21)33-30(37)11-12-35-17-15-34(2)16-18-35)25-7-8-26(31(32)38)28-20-23(19-27(25)28)22-9-13-36(14-10-22)41(3,39)40/h4-9,19H,10-18,20H2,1-3H3,(H2,32,38)(H,33,37). The van der Waals surface area contributed by atoms with E-state index in [0.29, 0.717) is 37.9 Å². The molecule has 9 nitrogen and oxygen atoms in total. The van der Waals surface area contributed by atoms with Crippen LogP contribution in [0.25, 0.3) is 17.2 Å². The molecule has 3 N–H and O–H groups in total. The number of benzene rings is 2. The van der Waals surface area contributed by atoms with Crippen LogP contribution in [-0.2, 0) is 21.2 Å². The van der Waals surface area contributed by atoms with Crippen molar-refractivity contribution in [2.75, 3.05) is 64.4 Å². The Morgan fingerprint density at radius 2 is 1.76 bits per heavy atom. The topological polar surface area (TPSA) is 116 Å². The molecule has 1 saturated heterocycles. The lowest BCUT2D eigenvalue weighted by atomic mass is 9.90. The van der Waals surface area contributed by atoms with E-state index < -0.39 is 15.9 Å². The molecule has 0 saturated carbocycles. The van der Waals surface area contributed by atoms with E-state index in [1.807, 2.05) is 37.3 Å². The molecular weight excluding hydrogens is 538 g/mol. The van der Waals surface area contributed by atoms with Gasteiger partial charge in [0.2, 0.25) is 21.8 Å². The molecule has 2 aromatic rings. The molecule has 218 valence electrons. The zero-order valence-electron chi connectivity index (χ0n) is 24.1. The van der Waals surface area contributed by atoms with Crippen LogP contribution in [0.2, 0.25) is 0 Å². The number of fused-ring (bicyclic) bond motifs is 1. The quantitative estimate of drug-likeness (QED) is 0.499. The number of sulfonamides is 1. The third-order valence-electron chi connectivity index (χ3n) is 8.51. The van der Waals surface area contributed by atoms with Crippen LogP contribution in [0.3, 0.4) is 0 Å². The Bertz CT molecular complexity index is 1540. The van der Waals surface area contributed by atoms with Crippen molar-refractivity contribution < 1.29 is 18.0 Å². The maximum atomic E-state index is 12.9. The number of anilines is 1. The molecule has 0 aromatic heterocycles. The van der Waals surface area contributed by atoms with Crippen LogP contribution in [0.4, 0.5) is 5.69 Å². The van der Waals surface area contributed by atoms with E-state index in [0.717, 1.165) is 77.4 Å². The molecule has 0 atom stereocenters. The van der Waals surface area contributed by atoms with Gasteiger partial charge in [0.25, 0.3) is 0 Å². The summed E-state index contributed by atoms with van der Waals surface area (Å²) in [6, 6.07) is 9.61. The van der Waals surface area contributed by atoms with Crippen molar-refractivity contribution in [3.63, 3.8) is 0 Å². The second-order valence-electron chi connectivity index (χ2n) is 11.3. The van der Waals surface area contributed by atoms with Gasteiger partial charge in [0.05, 0.1) is 6.26 Å². The Morgan fingerprint density at radius 3 is 2.41 bits per heavy atom. The van der Waals surface area contributed by atoms with Crippen molar-refractivity contribution >= 4 is 33.6 Å². The van der Waals surface area contributed by atoms with Crippen LogP contribution in [0.1, 0.15) is 39.9 Å². The minimum absolute atomic E-state index is 0.00645. The van der Waals surface area contributed by atoms with E-state index in [9.17, 15) is 18.0 Å². The van der Waals surface area contributed by atoms with Crippen LogP contribution >= 0.6 is 0 Å². The maximum absolute atomic E-state index is 12.9. The highest BCUT2D eigenvalue weighted by Crippen LogP contribution is 2.41. The summed E-state index contributed by atoms with van der Waals surface area (Å²) in [7, 11) is -1.12. The number of hydrogen-bond acceptors (Lipinski definition) is 6. The molecular formula is C31H39N5O4S. The first kappa shape index (κ1) is 29.2. The molecule has 41 heavy (non-hydrogen) atoms. The third kappa shape index (κ3) is 6.46. The summed E-state index contributed by atoms with van der Waals surface area (Å²) in [6.45, 7) is 7.52. The first-order valence-corrected chi connectivity index (χ1v) is 16.0. The molecule has 0 unspecified atom stereocenters. The maximum Gasteiger partial charge on any atom is 0.249 e. The summed E-state index contributed by atoms with van der Waals surface area (Å²) in [6.07, 6.45) is 6.92. The lowest BCUT2D eigenvalue weighted by molar-refractivity contribution is -0.116. The Kier molecular flexibility index (Phi) is 8.47. The summed E-state index contributed by atoms with van der Waals surface area (Å²) >= 11 is 0. The van der Waals surface area contributed by atoms with Crippen LogP contribution in [0.15, 0.2) is 47.6 Å². The van der Waals surface area contributed by atoms with Gasteiger partial charge in [-0.2, -0.15) is 4.31 Å². The summed E-state index contributed by atoms with van der Waals surface area (Å²) in [5.41, 5.74) is 13.9. The normalized spacial score (nSPS) is 18.5. The molecule has 2 aliphatic heterocycles. The number of hydrogen-bond donors (Lipinski definition) is 2. The first-order valence-electron chi connectivity index (χ1n) is 14.1. The predicted molar refractivity (Wildman–Crippen MR) is 163 cm³/mol. The number of amides is 2. The number of carbonyl (C=O) groups is 2. The van der Waals surface area contributed by atoms with Crippen LogP contribution in [-0.4, -0.2) is 93.5 Å². The molecule has 0 spiro atoms. The molecule has 1 fully saturated rings. The minimum atomic E-state index is -3.24. The highest BCUT2D eigenvalue weighted by molar-refractivity contribution is 7.88. The van der Waals surface area contributed by atoms with E-state index in [1.54, 1.807) is 6.07 Å². The van der Waals surface area contributed by atoms with Gasteiger partial charge in [-0.3, -0.25) is 9.59 Å². The second-order valence-corrected chi connectivity index (χ2v) is 13.3. The number of rotatable bonds is 8. The number of nitrogens with one attached hydrogen (secondary N) is 1. The number of piperazine rings is 1. The molecule has 0 bridgehead atoms. The number of allylic oxidation sites excluding steroid dienone is 1. The van der Waals surface area contributed by atoms with Gasteiger partial charge < -0.3 is 20.9 Å². The minimum Gasteiger partial charge on any atom is -0.366 e. The average molecular weight is 578 g/mol. The van der Waals surface area contributed by atoms with Crippen molar-refractivity contribution in [1.29, 1.82) is 0 Å². The molecule has 3 aliphatic rings. The first-order chi connectivity index (χ1) is 19.5. The smallest absolute Gasteiger partial charge is 0.249 e. The third-order valence-corrected chi connectivity index (χ3v) is 9.78. The Balaban J connectivity index is 1.39. The van der Waals surface area contributed by atoms with Crippen LogP contribution < -0.4 is 11.1 Å². The molecule has 1 aliphatic carbocycles. The Labute approximate surface area is 242 Å². The predicted octanol–water partition coefficient (Wildman–Crippen LogP) is 2.87. The van der Waals surface area contributed by atoms with E-state index in [4.69, 9.17) is 5.73 Å². The van der Waals surface area contributed by atoms with Gasteiger partial charge in [-0.25, -0.2) is 8.42 Å². The summed E-state index contributed by atoms with van der Waals surface area (Å²) in [5.74, 6) is -0.477. The fraction of sp³-hybridized carbons (Fsp3) is 0.419. The van der Waals surface area contributed by atoms with Crippen molar-refractivity contribution in [2.45, 2.75) is 26.2 Å². The fourth-order valence-electron chi connectivity index (χ4n) is 5.96. The molecule has 0 radical (unpaired) electrons. The summed E-state index contributed by atoms with van der Waals surface area (Å²) in [4.78, 5) is 29.8. The van der Waals surface area contributed by atoms with Gasteiger partial charge in [0, 0.05) is 63.5 Å². The monoisotopic (exact) mass is 577 g/mol. The van der Waals surface area contributed by atoms with Crippen molar-refractivity contribution in [3.8, 4) is 11.1 Å². The lowest BCUT2D eigenvalue weighted by Crippen LogP contribution is -2.45. The highest BCUT2D eigenvalue weighted by atomic mass is 32.2. The van der Waals surface area contributed by atoms with Gasteiger partial charge in [-0.1, -0.05) is 30.4 Å². The molecule has 5 rings (SSSR count). The van der Waals surface area contributed by atoms with Gasteiger partial charge in [-0.15, -0.1) is 0 Å². The highest BCUT2D eigenvalue weighted by Gasteiger charge is 2.27. The summed E-state index contributed by atoms with van der Waals surface area (Å²) < 4.78 is 25.4. The lowest BCUT2D eigenvalue weighted by Gasteiger charge is -2.32. The SMILES string of the molecule is Cc1c(NC(=O)CCN2CCN(C)CC2)cccc1-c1ccc(C(N)=O)c2c1C=C(C1=CCN(S(C)(=O)=O)CC1)C2. The zero-order chi connectivity index (χ0) is 29.3. The van der Waals surface area contributed by atoms with Crippen molar-refractivity contribution in [2.24, 2.45) is 5.73 Å². The van der Waals surface area contributed by atoms with E-state index in [-0.39, 0.29) is 5.91 Å². The fourth-order valence-corrected chi connectivity index (χ4v) is 6.73. The summed E-state index contributed by atoms with van der Waals surface area (Å²) in [5, 5.41) is 3.11. The van der Waals surface area contributed by atoms with Gasteiger partial charge in [0.1, 0.15) is 0 Å².